The Labute approximate surface area is 216 Å². The third-order valence-electron chi connectivity index (χ3n) is 5.94. The minimum absolute atomic E-state index is 0.214. The predicted octanol–water partition coefficient (Wildman–Crippen LogP) is 3.10. The molecular formula is C26H31N5O5S. The molecule has 10 nitrogen and oxygen atoms in total. The molecule has 196 valence electrons. The van der Waals surface area contributed by atoms with Crippen LogP contribution in [0.1, 0.15) is 11.5 Å². The summed E-state index contributed by atoms with van der Waals surface area (Å²) in [7, 11) is 1.04. The molecule has 0 fully saturated rings. The number of aromatic nitrogens is 4. The number of hydrogen-bond donors (Lipinski definition) is 1. The van der Waals surface area contributed by atoms with E-state index in [1.54, 1.807) is 58.0 Å². The number of sulfonamides is 1. The van der Waals surface area contributed by atoms with Crippen molar-refractivity contribution in [2.45, 2.75) is 17.7 Å². The molecule has 0 radical (unpaired) electrons. The van der Waals surface area contributed by atoms with Gasteiger partial charge in [0.15, 0.2) is 5.65 Å². The normalized spacial score (nSPS) is 11.9. The molecule has 0 spiro atoms. The number of hydrogen-bond acceptors (Lipinski definition) is 8. The quantitative estimate of drug-likeness (QED) is 0.283. The molecule has 0 bridgehead atoms. The molecule has 0 unspecified atom stereocenters. The van der Waals surface area contributed by atoms with Crippen LogP contribution in [0.15, 0.2) is 59.8 Å². The maximum absolute atomic E-state index is 13.1. The minimum Gasteiger partial charge on any atom is -0.497 e. The molecule has 4 aromatic rings. The van der Waals surface area contributed by atoms with Crippen LogP contribution in [-0.2, 0) is 32.3 Å². The second-order valence-corrected chi connectivity index (χ2v) is 10.3. The smallest absolute Gasteiger partial charge is 0.243 e. The van der Waals surface area contributed by atoms with Crippen molar-refractivity contribution < 1.29 is 22.6 Å². The van der Waals surface area contributed by atoms with Crippen molar-refractivity contribution in [2.24, 2.45) is 0 Å². The summed E-state index contributed by atoms with van der Waals surface area (Å²) in [5, 5.41) is 0. The summed E-state index contributed by atoms with van der Waals surface area (Å²) in [6.45, 7) is 1.10. The van der Waals surface area contributed by atoms with Gasteiger partial charge in [0.05, 0.1) is 25.2 Å². The summed E-state index contributed by atoms with van der Waals surface area (Å²) in [6.07, 6.45) is 4.88. The Kier molecular flexibility index (Phi) is 8.82. The number of nitrogens with zero attached hydrogens (tertiary/aromatic N) is 4. The van der Waals surface area contributed by atoms with Crippen LogP contribution in [0, 0.1) is 0 Å². The SMILES string of the molecule is COCCN(CCOC)S(=O)(=O)c1ccc(-c2cnc3[nH]c(CCc4cc(OC)ccn4)nc3c2)cc1. The number of imidazole rings is 1. The van der Waals surface area contributed by atoms with Crippen molar-refractivity contribution in [1.82, 2.24) is 24.2 Å². The Morgan fingerprint density at radius 1 is 0.892 bits per heavy atom. The standard InChI is InChI=1S/C26H31N5O5S/c1-34-14-12-31(13-15-35-2)37(32,33)23-7-4-19(5-8-23)20-16-24-26(28-18-20)30-25(29-24)9-6-21-17-22(36-3)10-11-27-21/h4-5,7-8,10-11,16-18H,6,9,12-15H2,1-3H3,(H,28,29,30). The number of pyridine rings is 2. The van der Waals surface area contributed by atoms with Crippen LogP contribution in [0.25, 0.3) is 22.3 Å². The van der Waals surface area contributed by atoms with E-state index in [-0.39, 0.29) is 18.0 Å². The van der Waals surface area contributed by atoms with E-state index in [0.717, 1.165) is 33.9 Å². The van der Waals surface area contributed by atoms with Crippen molar-refractivity contribution in [3.05, 3.63) is 66.4 Å². The van der Waals surface area contributed by atoms with Crippen molar-refractivity contribution >= 4 is 21.2 Å². The van der Waals surface area contributed by atoms with Crippen molar-refractivity contribution in [3.63, 3.8) is 0 Å². The predicted molar refractivity (Wildman–Crippen MR) is 140 cm³/mol. The summed E-state index contributed by atoms with van der Waals surface area (Å²) in [6, 6.07) is 12.5. The van der Waals surface area contributed by atoms with E-state index >= 15 is 0 Å². The molecular weight excluding hydrogens is 494 g/mol. The molecule has 0 aliphatic heterocycles. The van der Waals surface area contributed by atoms with E-state index in [9.17, 15) is 8.42 Å². The number of H-pyrrole nitrogens is 1. The second-order valence-electron chi connectivity index (χ2n) is 8.38. The number of benzene rings is 1. The van der Waals surface area contributed by atoms with Gasteiger partial charge in [-0.05, 0) is 36.2 Å². The number of methoxy groups -OCH3 is 3. The summed E-state index contributed by atoms with van der Waals surface area (Å²) in [5.74, 6) is 1.59. The topological polar surface area (TPSA) is 120 Å². The van der Waals surface area contributed by atoms with E-state index in [1.807, 2.05) is 18.2 Å². The molecule has 0 amide bonds. The van der Waals surface area contributed by atoms with Gasteiger partial charge in [0.1, 0.15) is 17.1 Å². The van der Waals surface area contributed by atoms with Crippen LogP contribution in [0.3, 0.4) is 0 Å². The number of rotatable bonds is 13. The Balaban J connectivity index is 1.49. The molecule has 0 saturated carbocycles. The minimum atomic E-state index is -3.68. The molecule has 3 heterocycles. The fraction of sp³-hybridized carbons (Fsp3) is 0.346. The van der Waals surface area contributed by atoms with Gasteiger partial charge < -0.3 is 19.2 Å². The highest BCUT2D eigenvalue weighted by Crippen LogP contribution is 2.25. The fourth-order valence-corrected chi connectivity index (χ4v) is 5.30. The lowest BCUT2D eigenvalue weighted by Crippen LogP contribution is -2.36. The summed E-state index contributed by atoms with van der Waals surface area (Å²) in [4.78, 5) is 17.1. The van der Waals surface area contributed by atoms with Gasteiger partial charge in [-0.2, -0.15) is 4.31 Å². The van der Waals surface area contributed by atoms with Crippen molar-refractivity contribution in [1.29, 1.82) is 0 Å². The molecule has 0 atom stereocenters. The highest BCUT2D eigenvalue weighted by atomic mass is 32.2. The average Bonchev–Trinajstić information content (AvgIpc) is 3.34. The first kappa shape index (κ1) is 26.7. The molecule has 0 saturated heterocycles. The van der Waals surface area contributed by atoms with Crippen molar-refractivity contribution in [2.75, 3.05) is 47.6 Å². The number of ether oxygens (including phenoxy) is 3. The molecule has 1 aromatic carbocycles. The molecule has 0 aliphatic carbocycles. The van der Waals surface area contributed by atoms with E-state index in [2.05, 4.69) is 15.0 Å². The van der Waals surface area contributed by atoms with Crippen LogP contribution in [0.5, 0.6) is 5.75 Å². The van der Waals surface area contributed by atoms with Crippen LogP contribution >= 0.6 is 0 Å². The van der Waals surface area contributed by atoms with Gasteiger partial charge >= 0.3 is 0 Å². The van der Waals surface area contributed by atoms with Crippen LogP contribution in [-0.4, -0.2) is 80.3 Å². The average molecular weight is 526 g/mol. The van der Waals surface area contributed by atoms with Gasteiger partial charge in [0.2, 0.25) is 10.0 Å². The molecule has 3 aromatic heterocycles. The monoisotopic (exact) mass is 525 g/mol. The zero-order valence-electron chi connectivity index (χ0n) is 21.2. The zero-order chi connectivity index (χ0) is 26.3. The zero-order valence-corrected chi connectivity index (χ0v) is 22.0. The highest BCUT2D eigenvalue weighted by Gasteiger charge is 2.24. The summed E-state index contributed by atoms with van der Waals surface area (Å²) in [5.41, 5.74) is 4.06. The lowest BCUT2D eigenvalue weighted by atomic mass is 10.1. The third-order valence-corrected chi connectivity index (χ3v) is 7.86. The number of aryl methyl sites for hydroxylation is 2. The number of nitrogens with one attached hydrogen (secondary N) is 1. The molecule has 0 aliphatic rings. The highest BCUT2D eigenvalue weighted by molar-refractivity contribution is 7.89. The van der Waals surface area contributed by atoms with E-state index < -0.39 is 10.0 Å². The molecule has 4 rings (SSSR count). The lowest BCUT2D eigenvalue weighted by molar-refractivity contribution is 0.150. The molecule has 37 heavy (non-hydrogen) atoms. The Morgan fingerprint density at radius 3 is 2.30 bits per heavy atom. The first-order chi connectivity index (χ1) is 17.9. The van der Waals surface area contributed by atoms with Gasteiger partial charge in [-0.1, -0.05) is 12.1 Å². The van der Waals surface area contributed by atoms with Crippen LogP contribution < -0.4 is 4.74 Å². The molecule has 1 N–H and O–H groups in total. The number of fused-ring (bicyclic) bond motifs is 1. The van der Waals surface area contributed by atoms with E-state index in [0.29, 0.717) is 31.7 Å². The van der Waals surface area contributed by atoms with Gasteiger partial charge in [0, 0.05) is 63.4 Å². The van der Waals surface area contributed by atoms with E-state index in [4.69, 9.17) is 19.2 Å². The lowest BCUT2D eigenvalue weighted by Gasteiger charge is -2.21. The van der Waals surface area contributed by atoms with Crippen LogP contribution in [0.2, 0.25) is 0 Å². The fourth-order valence-electron chi connectivity index (χ4n) is 3.89. The Morgan fingerprint density at radius 2 is 1.62 bits per heavy atom. The first-order valence-corrected chi connectivity index (χ1v) is 13.3. The Hall–Kier alpha value is -3.38. The Bertz CT molecular complexity index is 1420. The number of aromatic amines is 1. The van der Waals surface area contributed by atoms with Gasteiger partial charge in [0.25, 0.3) is 0 Å². The van der Waals surface area contributed by atoms with Gasteiger partial charge in [-0.15, -0.1) is 0 Å². The summed E-state index contributed by atoms with van der Waals surface area (Å²) >= 11 is 0. The molecule has 11 heteroatoms. The van der Waals surface area contributed by atoms with Crippen molar-refractivity contribution in [3.8, 4) is 16.9 Å². The summed E-state index contributed by atoms with van der Waals surface area (Å²) < 4.78 is 43.1. The maximum atomic E-state index is 13.1. The third kappa shape index (κ3) is 6.50. The first-order valence-electron chi connectivity index (χ1n) is 11.9. The van der Waals surface area contributed by atoms with Gasteiger partial charge in [-0.3, -0.25) is 4.98 Å². The van der Waals surface area contributed by atoms with Crippen LogP contribution in [0.4, 0.5) is 0 Å². The van der Waals surface area contributed by atoms with Gasteiger partial charge in [-0.25, -0.2) is 18.4 Å². The van der Waals surface area contributed by atoms with E-state index in [1.165, 1.54) is 4.31 Å². The second kappa shape index (κ2) is 12.2. The maximum Gasteiger partial charge on any atom is 0.243 e. The largest absolute Gasteiger partial charge is 0.497 e.